The third-order valence-corrected chi connectivity index (χ3v) is 3.19. The van der Waals surface area contributed by atoms with Gasteiger partial charge in [-0.15, -0.1) is 0 Å². The van der Waals surface area contributed by atoms with Gasteiger partial charge in [0.05, 0.1) is 24.6 Å². The Hall–Kier alpha value is -2.36. The van der Waals surface area contributed by atoms with Crippen molar-refractivity contribution < 1.29 is 9.47 Å². The summed E-state index contributed by atoms with van der Waals surface area (Å²) < 4.78 is 11.2. The molecule has 0 amide bonds. The fourth-order valence-electron chi connectivity index (χ4n) is 1.89. The van der Waals surface area contributed by atoms with E-state index in [0.29, 0.717) is 0 Å². The smallest absolute Gasteiger partial charge is 0.119 e. The Labute approximate surface area is 138 Å². The van der Waals surface area contributed by atoms with Crippen LogP contribution in [0.25, 0.3) is 0 Å². The Morgan fingerprint density at radius 2 is 1.13 bits per heavy atom. The summed E-state index contributed by atoms with van der Waals surface area (Å²) in [6.45, 7) is 5.72. The lowest BCUT2D eigenvalue weighted by Gasteiger charge is -2.04. The van der Waals surface area contributed by atoms with Crippen LogP contribution in [0.15, 0.2) is 58.8 Å². The number of benzene rings is 2. The van der Waals surface area contributed by atoms with Crippen molar-refractivity contribution in [2.24, 2.45) is 10.2 Å². The van der Waals surface area contributed by atoms with Crippen molar-refractivity contribution in [3.8, 4) is 11.5 Å². The molecule has 4 nitrogen and oxygen atoms in total. The zero-order valence-corrected chi connectivity index (χ0v) is 13.9. The molecule has 2 aromatic carbocycles. The van der Waals surface area contributed by atoms with Crippen LogP contribution in [-0.2, 0) is 0 Å². The lowest BCUT2D eigenvalue weighted by molar-refractivity contribution is 0.309. The molecule has 0 aliphatic carbocycles. The molecule has 0 spiro atoms. The molecule has 2 rings (SSSR count). The summed E-state index contributed by atoms with van der Waals surface area (Å²) in [6, 6.07) is 15.3. The summed E-state index contributed by atoms with van der Waals surface area (Å²) in [6.07, 6.45) is 3.20. The number of unbranched alkanes of at least 4 members (excludes halogenated alkanes) is 1. The van der Waals surface area contributed by atoms with Crippen LogP contribution in [0, 0.1) is 0 Å². The summed E-state index contributed by atoms with van der Waals surface area (Å²) in [4.78, 5) is 0. The zero-order chi connectivity index (χ0) is 16.3. The highest BCUT2D eigenvalue weighted by Crippen LogP contribution is 2.23. The number of ether oxygens (including phenoxy) is 2. The normalized spacial score (nSPS) is 10.9. The van der Waals surface area contributed by atoms with Crippen molar-refractivity contribution in [3.63, 3.8) is 0 Å². The monoisotopic (exact) mass is 312 g/mol. The van der Waals surface area contributed by atoms with E-state index < -0.39 is 0 Å². The second kappa shape index (κ2) is 9.62. The lowest BCUT2D eigenvalue weighted by Crippen LogP contribution is -1.95. The van der Waals surface area contributed by atoms with E-state index >= 15 is 0 Å². The van der Waals surface area contributed by atoms with E-state index in [9.17, 15) is 0 Å². The Morgan fingerprint density at radius 1 is 0.652 bits per heavy atom. The molecular formula is C19H24N2O2. The maximum atomic E-state index is 5.62. The summed E-state index contributed by atoms with van der Waals surface area (Å²) in [5.74, 6) is 1.73. The molecule has 122 valence electrons. The van der Waals surface area contributed by atoms with Crippen LogP contribution >= 0.6 is 0 Å². The average Bonchev–Trinajstić information content (AvgIpc) is 2.60. The maximum Gasteiger partial charge on any atom is 0.119 e. The molecule has 0 saturated heterocycles. The maximum absolute atomic E-state index is 5.62. The van der Waals surface area contributed by atoms with E-state index in [0.717, 1.165) is 55.4 Å². The summed E-state index contributed by atoms with van der Waals surface area (Å²) >= 11 is 0. The van der Waals surface area contributed by atoms with Gasteiger partial charge in [0.2, 0.25) is 0 Å². The Morgan fingerprint density at radius 3 is 1.57 bits per heavy atom. The van der Waals surface area contributed by atoms with Crippen molar-refractivity contribution >= 4 is 11.4 Å². The van der Waals surface area contributed by atoms with Crippen LogP contribution in [0.2, 0.25) is 0 Å². The van der Waals surface area contributed by atoms with Gasteiger partial charge in [-0.1, -0.05) is 20.3 Å². The highest BCUT2D eigenvalue weighted by Gasteiger charge is 1.96. The van der Waals surface area contributed by atoms with E-state index in [2.05, 4.69) is 24.1 Å². The van der Waals surface area contributed by atoms with E-state index in [4.69, 9.17) is 9.47 Å². The number of nitrogens with zero attached hydrogens (tertiary/aromatic N) is 2. The molecule has 0 N–H and O–H groups in total. The van der Waals surface area contributed by atoms with Gasteiger partial charge in [-0.2, -0.15) is 10.2 Å². The molecule has 0 heterocycles. The zero-order valence-electron chi connectivity index (χ0n) is 13.9. The second-order valence-electron chi connectivity index (χ2n) is 5.24. The molecule has 0 aliphatic rings. The van der Waals surface area contributed by atoms with Gasteiger partial charge in [0.1, 0.15) is 11.5 Å². The predicted octanol–water partition coefficient (Wildman–Crippen LogP) is 6.07. The van der Waals surface area contributed by atoms with Crippen molar-refractivity contribution in [1.82, 2.24) is 0 Å². The molecule has 0 bridgehead atoms. The largest absolute Gasteiger partial charge is 0.494 e. The highest BCUT2D eigenvalue weighted by atomic mass is 16.5. The Kier molecular flexibility index (Phi) is 7.11. The minimum atomic E-state index is 0.730. The first-order chi connectivity index (χ1) is 11.3. The van der Waals surface area contributed by atoms with Crippen LogP contribution in [0.3, 0.4) is 0 Å². The summed E-state index contributed by atoms with van der Waals surface area (Å²) in [7, 11) is 0. The van der Waals surface area contributed by atoms with Crippen LogP contribution < -0.4 is 9.47 Å². The number of azo groups is 1. The molecule has 0 fully saturated rings. The molecule has 23 heavy (non-hydrogen) atoms. The summed E-state index contributed by atoms with van der Waals surface area (Å²) in [5, 5.41) is 8.47. The number of hydrogen-bond donors (Lipinski definition) is 0. The fourth-order valence-corrected chi connectivity index (χ4v) is 1.89. The molecule has 0 unspecified atom stereocenters. The van der Waals surface area contributed by atoms with Gasteiger partial charge in [-0.05, 0) is 61.4 Å². The van der Waals surface area contributed by atoms with E-state index in [1.807, 2.05) is 48.5 Å². The minimum absolute atomic E-state index is 0.730. The lowest BCUT2D eigenvalue weighted by atomic mass is 10.3. The number of rotatable bonds is 9. The van der Waals surface area contributed by atoms with Crippen LogP contribution in [0.4, 0.5) is 11.4 Å². The van der Waals surface area contributed by atoms with Gasteiger partial charge in [-0.25, -0.2) is 0 Å². The van der Waals surface area contributed by atoms with Crippen molar-refractivity contribution in [2.75, 3.05) is 13.2 Å². The minimum Gasteiger partial charge on any atom is -0.494 e. The van der Waals surface area contributed by atoms with Gasteiger partial charge in [0.25, 0.3) is 0 Å². The second-order valence-corrected chi connectivity index (χ2v) is 5.24. The number of hydrogen-bond acceptors (Lipinski definition) is 4. The topological polar surface area (TPSA) is 43.2 Å². The Bertz CT molecular complexity index is 592. The molecule has 0 radical (unpaired) electrons. The molecule has 0 aromatic heterocycles. The average molecular weight is 312 g/mol. The SMILES string of the molecule is CCCCOc1ccc(N=Nc2ccc(OCCC)cc2)cc1. The quantitative estimate of drug-likeness (QED) is 0.416. The standard InChI is InChI=1S/C19H24N2O2/c1-3-5-15-23-19-12-8-17(9-13-19)21-20-16-6-10-18(11-7-16)22-14-4-2/h6-13H,3-5,14-15H2,1-2H3. The van der Waals surface area contributed by atoms with Gasteiger partial charge in [-0.3, -0.25) is 0 Å². The molecular weight excluding hydrogens is 288 g/mol. The summed E-state index contributed by atoms with van der Waals surface area (Å²) in [5.41, 5.74) is 1.61. The molecule has 2 aromatic rings. The van der Waals surface area contributed by atoms with Crippen molar-refractivity contribution in [2.45, 2.75) is 33.1 Å². The van der Waals surface area contributed by atoms with Gasteiger partial charge in [0.15, 0.2) is 0 Å². The van der Waals surface area contributed by atoms with Gasteiger partial charge < -0.3 is 9.47 Å². The predicted molar refractivity (Wildman–Crippen MR) is 93.2 cm³/mol. The first-order valence-corrected chi connectivity index (χ1v) is 8.19. The molecule has 4 heteroatoms. The first-order valence-electron chi connectivity index (χ1n) is 8.19. The van der Waals surface area contributed by atoms with Crippen LogP contribution in [-0.4, -0.2) is 13.2 Å². The van der Waals surface area contributed by atoms with Gasteiger partial charge >= 0.3 is 0 Å². The Balaban J connectivity index is 1.89. The molecule has 0 atom stereocenters. The highest BCUT2D eigenvalue weighted by molar-refractivity contribution is 5.44. The van der Waals surface area contributed by atoms with E-state index in [1.54, 1.807) is 0 Å². The fraction of sp³-hybridized carbons (Fsp3) is 0.368. The third-order valence-electron chi connectivity index (χ3n) is 3.19. The van der Waals surface area contributed by atoms with Crippen molar-refractivity contribution in [1.29, 1.82) is 0 Å². The molecule has 0 aliphatic heterocycles. The van der Waals surface area contributed by atoms with E-state index in [-0.39, 0.29) is 0 Å². The third kappa shape index (κ3) is 6.10. The van der Waals surface area contributed by atoms with Crippen molar-refractivity contribution in [3.05, 3.63) is 48.5 Å². The van der Waals surface area contributed by atoms with Gasteiger partial charge in [0, 0.05) is 0 Å². The van der Waals surface area contributed by atoms with Crippen LogP contribution in [0.1, 0.15) is 33.1 Å². The van der Waals surface area contributed by atoms with Crippen LogP contribution in [0.5, 0.6) is 11.5 Å². The van der Waals surface area contributed by atoms with E-state index in [1.165, 1.54) is 0 Å². The molecule has 0 saturated carbocycles. The first kappa shape index (κ1) is 17.0.